The summed E-state index contributed by atoms with van der Waals surface area (Å²) in [6, 6.07) is 0. The lowest BCUT2D eigenvalue weighted by Crippen LogP contribution is -2.35. The molecule has 0 saturated heterocycles. The monoisotopic (exact) mass is 201 g/mol. The van der Waals surface area contributed by atoms with Crippen molar-refractivity contribution in [2.24, 2.45) is 5.92 Å². The Bertz CT molecular complexity index is 204. The van der Waals surface area contributed by atoms with Crippen molar-refractivity contribution in [3.05, 3.63) is 0 Å². The summed E-state index contributed by atoms with van der Waals surface area (Å²) in [4.78, 5) is 27.9. The Morgan fingerprint density at radius 3 is 2.29 bits per heavy atom. The molecule has 82 valence electrons. The van der Waals surface area contributed by atoms with Crippen LogP contribution >= 0.6 is 0 Å². The first kappa shape index (κ1) is 13.1. The summed E-state index contributed by atoms with van der Waals surface area (Å²) in [5.74, 6) is -0.794. The van der Waals surface area contributed by atoms with Gasteiger partial charge in [0.1, 0.15) is 5.78 Å². The van der Waals surface area contributed by atoms with Gasteiger partial charge in [0.25, 0.3) is 5.91 Å². The average molecular weight is 201 g/mol. The molecule has 0 fully saturated rings. The highest BCUT2D eigenvalue weighted by molar-refractivity contribution is 6.00. The van der Waals surface area contributed by atoms with Crippen LogP contribution in [0.25, 0.3) is 0 Å². The van der Waals surface area contributed by atoms with Gasteiger partial charge in [0, 0.05) is 13.5 Å². The van der Waals surface area contributed by atoms with Crippen molar-refractivity contribution in [1.82, 2.24) is 5.06 Å². The van der Waals surface area contributed by atoms with Gasteiger partial charge in [0.2, 0.25) is 0 Å². The van der Waals surface area contributed by atoms with Crippen molar-refractivity contribution < 1.29 is 14.4 Å². The molecule has 0 aromatic rings. The standard InChI is InChI=1S/C10H19NO3/c1-5-7-9(12)8(6-2)10(13)11(3)14-4/h8H,5-7H2,1-4H3/t8-/m1/s1. The summed E-state index contributed by atoms with van der Waals surface area (Å²) in [5, 5.41) is 1.11. The van der Waals surface area contributed by atoms with Crippen LogP contribution in [0.1, 0.15) is 33.1 Å². The highest BCUT2D eigenvalue weighted by Gasteiger charge is 2.26. The number of Topliss-reactive ketones (excluding diaryl/α,β-unsaturated/α-hetero) is 1. The molecule has 0 unspecified atom stereocenters. The zero-order valence-corrected chi connectivity index (χ0v) is 9.37. The number of amides is 1. The van der Waals surface area contributed by atoms with Gasteiger partial charge in [-0.1, -0.05) is 13.8 Å². The van der Waals surface area contributed by atoms with Gasteiger partial charge in [-0.2, -0.15) is 0 Å². The molecule has 0 aliphatic rings. The largest absolute Gasteiger partial charge is 0.299 e. The van der Waals surface area contributed by atoms with Gasteiger partial charge in [-0.05, 0) is 12.8 Å². The lowest BCUT2D eigenvalue weighted by atomic mass is 9.97. The van der Waals surface area contributed by atoms with Crippen molar-refractivity contribution in [2.45, 2.75) is 33.1 Å². The molecule has 1 amide bonds. The molecule has 0 bridgehead atoms. The van der Waals surface area contributed by atoms with Crippen LogP contribution in [-0.4, -0.2) is 30.9 Å². The third-order valence-electron chi connectivity index (χ3n) is 2.18. The van der Waals surface area contributed by atoms with Crippen LogP contribution in [0.15, 0.2) is 0 Å². The van der Waals surface area contributed by atoms with Crippen molar-refractivity contribution in [1.29, 1.82) is 0 Å². The summed E-state index contributed by atoms with van der Waals surface area (Å²) in [7, 11) is 2.93. The summed E-state index contributed by atoms with van der Waals surface area (Å²) < 4.78 is 0. The second-order valence-electron chi connectivity index (χ2n) is 3.20. The predicted molar refractivity (Wildman–Crippen MR) is 53.5 cm³/mol. The predicted octanol–water partition coefficient (Wildman–Crippen LogP) is 1.40. The van der Waals surface area contributed by atoms with Gasteiger partial charge in [-0.25, -0.2) is 5.06 Å². The number of carbonyl (C=O) groups is 2. The molecule has 0 spiro atoms. The van der Waals surface area contributed by atoms with E-state index in [2.05, 4.69) is 0 Å². The zero-order valence-electron chi connectivity index (χ0n) is 9.37. The number of carbonyl (C=O) groups excluding carboxylic acids is 2. The van der Waals surface area contributed by atoms with Crippen LogP contribution in [0.5, 0.6) is 0 Å². The Morgan fingerprint density at radius 2 is 1.93 bits per heavy atom. The van der Waals surface area contributed by atoms with Crippen molar-refractivity contribution in [2.75, 3.05) is 14.2 Å². The fourth-order valence-electron chi connectivity index (χ4n) is 1.27. The van der Waals surface area contributed by atoms with E-state index in [0.29, 0.717) is 12.8 Å². The number of rotatable bonds is 6. The molecular formula is C10H19NO3. The second-order valence-corrected chi connectivity index (χ2v) is 3.20. The van der Waals surface area contributed by atoms with Gasteiger partial charge in [0.05, 0.1) is 13.0 Å². The van der Waals surface area contributed by atoms with Gasteiger partial charge < -0.3 is 0 Å². The van der Waals surface area contributed by atoms with E-state index in [-0.39, 0.29) is 11.7 Å². The van der Waals surface area contributed by atoms with Crippen LogP contribution in [0.3, 0.4) is 0 Å². The minimum absolute atomic E-state index is 0.00361. The maximum atomic E-state index is 11.6. The van der Waals surface area contributed by atoms with E-state index in [1.54, 1.807) is 0 Å². The van der Waals surface area contributed by atoms with Crippen LogP contribution in [0.2, 0.25) is 0 Å². The quantitative estimate of drug-likeness (QED) is 0.482. The Kier molecular flexibility index (Phi) is 6.12. The molecule has 0 rings (SSSR count). The molecule has 0 saturated carbocycles. The molecule has 4 nitrogen and oxygen atoms in total. The smallest absolute Gasteiger partial charge is 0.256 e. The Balaban J connectivity index is 4.39. The molecule has 0 aromatic heterocycles. The molecule has 14 heavy (non-hydrogen) atoms. The van der Waals surface area contributed by atoms with E-state index in [1.165, 1.54) is 14.2 Å². The average Bonchev–Trinajstić information content (AvgIpc) is 2.18. The Morgan fingerprint density at radius 1 is 1.36 bits per heavy atom. The van der Waals surface area contributed by atoms with Crippen LogP contribution < -0.4 is 0 Å². The van der Waals surface area contributed by atoms with Gasteiger partial charge in [-0.3, -0.25) is 14.4 Å². The minimum Gasteiger partial charge on any atom is -0.299 e. The fraction of sp³-hybridized carbons (Fsp3) is 0.800. The van der Waals surface area contributed by atoms with Gasteiger partial charge >= 0.3 is 0 Å². The molecule has 4 heteroatoms. The van der Waals surface area contributed by atoms with Crippen LogP contribution in [0, 0.1) is 5.92 Å². The number of hydroxylamine groups is 2. The number of hydrogen-bond acceptors (Lipinski definition) is 3. The van der Waals surface area contributed by atoms with E-state index in [1.807, 2.05) is 13.8 Å². The van der Waals surface area contributed by atoms with Crippen molar-refractivity contribution in [3.63, 3.8) is 0 Å². The third-order valence-corrected chi connectivity index (χ3v) is 2.18. The Hall–Kier alpha value is -0.900. The summed E-state index contributed by atoms with van der Waals surface area (Å²) >= 11 is 0. The van der Waals surface area contributed by atoms with Gasteiger partial charge in [-0.15, -0.1) is 0 Å². The van der Waals surface area contributed by atoms with E-state index in [4.69, 9.17) is 4.84 Å². The molecule has 0 aliphatic carbocycles. The number of ketones is 1. The van der Waals surface area contributed by atoms with Crippen molar-refractivity contribution in [3.8, 4) is 0 Å². The highest BCUT2D eigenvalue weighted by atomic mass is 16.7. The highest BCUT2D eigenvalue weighted by Crippen LogP contribution is 2.11. The Labute approximate surface area is 85.2 Å². The maximum absolute atomic E-state index is 11.6. The molecular weight excluding hydrogens is 182 g/mol. The van der Waals surface area contributed by atoms with Crippen LogP contribution in [0.4, 0.5) is 0 Å². The normalized spacial score (nSPS) is 12.3. The van der Waals surface area contributed by atoms with Crippen LogP contribution in [-0.2, 0) is 14.4 Å². The lowest BCUT2D eigenvalue weighted by molar-refractivity contribution is -0.174. The molecule has 0 heterocycles. The van der Waals surface area contributed by atoms with E-state index < -0.39 is 5.92 Å². The molecule has 0 aliphatic heterocycles. The van der Waals surface area contributed by atoms with E-state index >= 15 is 0 Å². The topological polar surface area (TPSA) is 46.6 Å². The summed E-state index contributed by atoms with van der Waals surface area (Å²) in [6.07, 6.45) is 1.77. The summed E-state index contributed by atoms with van der Waals surface area (Å²) in [5.41, 5.74) is 0. The first-order valence-corrected chi connectivity index (χ1v) is 4.92. The maximum Gasteiger partial charge on any atom is 0.256 e. The first-order chi connectivity index (χ1) is 6.58. The fourth-order valence-corrected chi connectivity index (χ4v) is 1.27. The van der Waals surface area contributed by atoms with Gasteiger partial charge in [0.15, 0.2) is 0 Å². The number of nitrogens with zero attached hydrogens (tertiary/aromatic N) is 1. The summed E-state index contributed by atoms with van der Waals surface area (Å²) in [6.45, 7) is 3.76. The van der Waals surface area contributed by atoms with E-state index in [9.17, 15) is 9.59 Å². The molecule has 0 N–H and O–H groups in total. The lowest BCUT2D eigenvalue weighted by Gasteiger charge is -2.19. The molecule has 1 atom stereocenters. The first-order valence-electron chi connectivity index (χ1n) is 4.92. The molecule has 0 radical (unpaired) electrons. The van der Waals surface area contributed by atoms with Crippen molar-refractivity contribution >= 4 is 11.7 Å². The molecule has 0 aromatic carbocycles. The zero-order chi connectivity index (χ0) is 11.1. The van der Waals surface area contributed by atoms with E-state index in [0.717, 1.165) is 11.5 Å². The second kappa shape index (κ2) is 6.54. The number of hydrogen-bond donors (Lipinski definition) is 0. The third kappa shape index (κ3) is 3.46. The minimum atomic E-state index is -0.542. The SMILES string of the molecule is CCCC(=O)[C@@H](CC)C(=O)N(C)OC.